The Balaban J connectivity index is 1.59. The first-order valence-corrected chi connectivity index (χ1v) is 10.0. The van der Waals surface area contributed by atoms with E-state index in [0.717, 1.165) is 19.3 Å². The van der Waals surface area contributed by atoms with E-state index in [9.17, 15) is 18.8 Å². The summed E-state index contributed by atoms with van der Waals surface area (Å²) in [5, 5.41) is 3.16. The average Bonchev–Trinajstić information content (AvgIpc) is 3.13. The van der Waals surface area contributed by atoms with Crippen LogP contribution in [0.15, 0.2) is 54.7 Å². The van der Waals surface area contributed by atoms with Crippen molar-refractivity contribution in [2.24, 2.45) is 0 Å². The van der Waals surface area contributed by atoms with Gasteiger partial charge in [0.2, 0.25) is 5.91 Å². The molecule has 0 radical (unpaired) electrons. The van der Waals surface area contributed by atoms with Gasteiger partial charge in [0, 0.05) is 30.2 Å². The van der Waals surface area contributed by atoms with Crippen LogP contribution >= 0.6 is 0 Å². The van der Waals surface area contributed by atoms with Crippen LogP contribution in [-0.2, 0) is 16.1 Å². The van der Waals surface area contributed by atoms with Crippen molar-refractivity contribution in [2.45, 2.75) is 25.8 Å². The summed E-state index contributed by atoms with van der Waals surface area (Å²) in [4.78, 5) is 39.7. The number of para-hydroxylation sites is 2. The summed E-state index contributed by atoms with van der Waals surface area (Å²) >= 11 is 0. The number of carbonyl (C=O) groups excluding carboxylic acids is 3. The van der Waals surface area contributed by atoms with Gasteiger partial charge in [-0.15, -0.1) is 0 Å². The second kappa shape index (κ2) is 8.49. The van der Waals surface area contributed by atoms with E-state index < -0.39 is 23.4 Å². The molecule has 0 spiro atoms. The standard InChI is InChI=1S/C23H22FN3O3/c24-18-9-3-4-10-19(18)25-21(28)15-27-14-17(16-8-2-5-11-20(16)27)22(29)23(30)26-12-6-1-7-13-26/h2-5,8-11,14H,1,6-7,12-13,15H2,(H,25,28). The van der Waals surface area contributed by atoms with Gasteiger partial charge in [-0.2, -0.15) is 0 Å². The molecule has 3 aromatic rings. The second-order valence-electron chi connectivity index (χ2n) is 7.40. The quantitative estimate of drug-likeness (QED) is 0.519. The summed E-state index contributed by atoms with van der Waals surface area (Å²) in [7, 11) is 0. The van der Waals surface area contributed by atoms with Crippen LogP contribution < -0.4 is 5.32 Å². The maximum atomic E-state index is 13.8. The highest BCUT2D eigenvalue weighted by atomic mass is 19.1. The lowest BCUT2D eigenvalue weighted by molar-refractivity contribution is -0.127. The number of carbonyl (C=O) groups is 3. The average molecular weight is 407 g/mol. The van der Waals surface area contributed by atoms with Crippen LogP contribution in [0.25, 0.3) is 10.9 Å². The van der Waals surface area contributed by atoms with E-state index in [4.69, 9.17) is 0 Å². The van der Waals surface area contributed by atoms with Crippen molar-refractivity contribution in [3.05, 3.63) is 66.1 Å². The highest BCUT2D eigenvalue weighted by Gasteiger charge is 2.27. The maximum Gasteiger partial charge on any atom is 0.295 e. The molecule has 0 saturated carbocycles. The molecule has 154 valence electrons. The third kappa shape index (κ3) is 3.96. The van der Waals surface area contributed by atoms with Gasteiger partial charge >= 0.3 is 0 Å². The Morgan fingerprint density at radius 1 is 0.933 bits per heavy atom. The number of hydrogen-bond acceptors (Lipinski definition) is 3. The second-order valence-corrected chi connectivity index (χ2v) is 7.40. The number of fused-ring (bicyclic) bond motifs is 1. The number of aromatic nitrogens is 1. The SMILES string of the molecule is O=C(Cn1cc(C(=O)C(=O)N2CCCCC2)c2ccccc21)Nc1ccccc1F. The number of ketones is 1. The van der Waals surface area contributed by atoms with Crippen molar-refractivity contribution in [3.63, 3.8) is 0 Å². The van der Waals surface area contributed by atoms with Crippen molar-refractivity contribution in [3.8, 4) is 0 Å². The highest BCUT2D eigenvalue weighted by molar-refractivity contribution is 6.44. The Hall–Kier alpha value is -3.48. The molecule has 6 nitrogen and oxygen atoms in total. The molecule has 1 aromatic heterocycles. The first-order chi connectivity index (χ1) is 14.5. The number of Topliss-reactive ketones (excluding diaryl/α,β-unsaturated/α-hetero) is 1. The summed E-state index contributed by atoms with van der Waals surface area (Å²) < 4.78 is 15.4. The molecule has 1 N–H and O–H groups in total. The number of amides is 2. The molecule has 2 heterocycles. The first kappa shape index (κ1) is 19.8. The van der Waals surface area contributed by atoms with Crippen molar-refractivity contribution in [2.75, 3.05) is 18.4 Å². The van der Waals surface area contributed by atoms with Crippen LogP contribution in [0.5, 0.6) is 0 Å². The molecule has 4 rings (SSSR count). The van der Waals surface area contributed by atoms with Gasteiger partial charge in [0.15, 0.2) is 0 Å². The zero-order valence-corrected chi connectivity index (χ0v) is 16.4. The van der Waals surface area contributed by atoms with Crippen LogP contribution in [0.3, 0.4) is 0 Å². The lowest BCUT2D eigenvalue weighted by atomic mass is 10.1. The number of hydrogen-bond donors (Lipinski definition) is 1. The summed E-state index contributed by atoms with van der Waals surface area (Å²) in [6.45, 7) is 1.07. The van der Waals surface area contributed by atoms with Gasteiger partial charge in [-0.1, -0.05) is 30.3 Å². The Bertz CT molecular complexity index is 1120. The fraction of sp³-hybridized carbons (Fsp3) is 0.261. The number of benzene rings is 2. The number of anilines is 1. The van der Waals surface area contributed by atoms with E-state index in [1.54, 1.807) is 45.9 Å². The van der Waals surface area contributed by atoms with Gasteiger partial charge in [-0.3, -0.25) is 14.4 Å². The lowest BCUT2D eigenvalue weighted by Gasteiger charge is -2.25. The van der Waals surface area contributed by atoms with Gasteiger partial charge in [0.25, 0.3) is 11.7 Å². The molecule has 1 fully saturated rings. The van der Waals surface area contributed by atoms with Gasteiger partial charge in [-0.05, 0) is 37.5 Å². The first-order valence-electron chi connectivity index (χ1n) is 10.0. The summed E-state index contributed by atoms with van der Waals surface area (Å²) in [5.41, 5.74) is 1.03. The number of halogens is 1. The summed E-state index contributed by atoms with van der Waals surface area (Å²) in [6, 6.07) is 13.1. The van der Waals surface area contributed by atoms with E-state index in [-0.39, 0.29) is 17.8 Å². The summed E-state index contributed by atoms with van der Waals surface area (Å²) in [5.74, 6) is -2.02. The van der Waals surface area contributed by atoms with Crippen LogP contribution in [0.1, 0.15) is 29.6 Å². The summed E-state index contributed by atoms with van der Waals surface area (Å²) in [6.07, 6.45) is 4.40. The minimum Gasteiger partial charge on any atom is -0.337 e. The predicted octanol–water partition coefficient (Wildman–Crippen LogP) is 3.61. The van der Waals surface area contributed by atoms with E-state index in [0.29, 0.717) is 24.0 Å². The van der Waals surface area contributed by atoms with Crippen LogP contribution in [0, 0.1) is 5.82 Å². The molecule has 1 saturated heterocycles. The Morgan fingerprint density at radius 2 is 1.63 bits per heavy atom. The van der Waals surface area contributed by atoms with Crippen LogP contribution in [-0.4, -0.2) is 40.2 Å². The van der Waals surface area contributed by atoms with Gasteiger partial charge in [-0.25, -0.2) is 4.39 Å². The molecule has 0 atom stereocenters. The van der Waals surface area contributed by atoms with E-state index in [2.05, 4.69) is 5.32 Å². The Morgan fingerprint density at radius 3 is 2.40 bits per heavy atom. The largest absolute Gasteiger partial charge is 0.337 e. The fourth-order valence-electron chi connectivity index (χ4n) is 3.82. The maximum absolute atomic E-state index is 13.8. The van der Waals surface area contributed by atoms with Crippen molar-refractivity contribution in [1.29, 1.82) is 0 Å². The molecule has 2 aromatic carbocycles. The number of piperidine rings is 1. The normalized spacial score (nSPS) is 14.0. The number of rotatable bonds is 5. The number of nitrogens with one attached hydrogen (secondary N) is 1. The van der Waals surface area contributed by atoms with Crippen LogP contribution in [0.2, 0.25) is 0 Å². The predicted molar refractivity (Wildman–Crippen MR) is 112 cm³/mol. The molecule has 0 bridgehead atoms. The zero-order valence-electron chi connectivity index (χ0n) is 16.4. The van der Waals surface area contributed by atoms with Crippen molar-refractivity contribution < 1.29 is 18.8 Å². The molecule has 2 amide bonds. The Labute approximate surface area is 173 Å². The van der Waals surface area contributed by atoms with Gasteiger partial charge in [0.05, 0.1) is 11.3 Å². The minimum absolute atomic E-state index is 0.0931. The molecule has 0 unspecified atom stereocenters. The highest BCUT2D eigenvalue weighted by Crippen LogP contribution is 2.23. The monoisotopic (exact) mass is 407 g/mol. The molecular formula is C23H22FN3O3. The topological polar surface area (TPSA) is 71.4 Å². The van der Waals surface area contributed by atoms with E-state index >= 15 is 0 Å². The molecular weight excluding hydrogens is 385 g/mol. The third-order valence-corrected chi connectivity index (χ3v) is 5.33. The molecule has 1 aliphatic rings. The van der Waals surface area contributed by atoms with E-state index in [1.165, 1.54) is 18.3 Å². The molecule has 1 aliphatic heterocycles. The van der Waals surface area contributed by atoms with Crippen molar-refractivity contribution >= 4 is 34.2 Å². The third-order valence-electron chi connectivity index (χ3n) is 5.33. The van der Waals surface area contributed by atoms with Gasteiger partial charge < -0.3 is 14.8 Å². The van der Waals surface area contributed by atoms with Crippen molar-refractivity contribution in [1.82, 2.24) is 9.47 Å². The van der Waals surface area contributed by atoms with Crippen LogP contribution in [0.4, 0.5) is 10.1 Å². The Kier molecular flexibility index (Phi) is 5.61. The molecule has 0 aliphatic carbocycles. The van der Waals surface area contributed by atoms with Gasteiger partial charge in [0.1, 0.15) is 12.4 Å². The van der Waals surface area contributed by atoms with E-state index in [1.807, 2.05) is 0 Å². The number of nitrogens with zero attached hydrogens (tertiary/aromatic N) is 2. The molecule has 7 heteroatoms. The number of likely N-dealkylation sites (tertiary alicyclic amines) is 1. The minimum atomic E-state index is -0.568. The molecule has 30 heavy (non-hydrogen) atoms. The zero-order chi connectivity index (χ0) is 21.1. The fourth-order valence-corrected chi connectivity index (χ4v) is 3.82. The smallest absolute Gasteiger partial charge is 0.295 e. The lowest BCUT2D eigenvalue weighted by Crippen LogP contribution is -2.40.